The number of nitrogens with zero attached hydrogens (tertiary/aromatic N) is 1. The Labute approximate surface area is 113 Å². The number of rotatable bonds is 5. The van der Waals surface area contributed by atoms with E-state index in [-0.39, 0.29) is 6.42 Å². The molecule has 0 radical (unpaired) electrons. The molecule has 0 aromatic heterocycles. The Balaban J connectivity index is 3.44. The van der Waals surface area contributed by atoms with Gasteiger partial charge in [0, 0.05) is 0 Å². The summed E-state index contributed by atoms with van der Waals surface area (Å²) >= 11 is 0. The van der Waals surface area contributed by atoms with Crippen molar-refractivity contribution in [2.75, 3.05) is 10.6 Å². The Morgan fingerprint density at radius 1 is 1.26 bits per heavy atom. The number of hydrogen-bond acceptors (Lipinski definition) is 3. The van der Waals surface area contributed by atoms with Crippen LogP contribution in [0.25, 0.3) is 0 Å². The van der Waals surface area contributed by atoms with Gasteiger partial charge in [-0.25, -0.2) is 13.2 Å². The molecule has 0 saturated heterocycles. The van der Waals surface area contributed by atoms with Crippen molar-refractivity contribution >= 4 is 21.7 Å². The van der Waals surface area contributed by atoms with Gasteiger partial charge >= 0.3 is 5.97 Å². The molecule has 1 aromatic rings. The van der Waals surface area contributed by atoms with Gasteiger partial charge in [0.05, 0.1) is 11.9 Å². The molecule has 0 saturated carbocycles. The standard InChI is InChI=1S/C13H19NO4S/c1-5-12(13(15)16)14(19(4,17)18)11-7-9(2)6-10(3)8-11/h6-8,12H,5H2,1-4H3,(H,15,16)/t12-/m0/s1. The quantitative estimate of drug-likeness (QED) is 0.897. The maximum Gasteiger partial charge on any atom is 0.327 e. The molecule has 19 heavy (non-hydrogen) atoms. The second-order valence-electron chi connectivity index (χ2n) is 4.67. The number of carbonyl (C=O) groups is 1. The van der Waals surface area contributed by atoms with Crippen molar-refractivity contribution in [2.45, 2.75) is 33.2 Å². The van der Waals surface area contributed by atoms with Crippen molar-refractivity contribution in [3.05, 3.63) is 29.3 Å². The summed E-state index contributed by atoms with van der Waals surface area (Å²) in [6, 6.07) is 4.18. The van der Waals surface area contributed by atoms with Crippen LogP contribution in [0, 0.1) is 13.8 Å². The van der Waals surface area contributed by atoms with Crippen LogP contribution in [0.1, 0.15) is 24.5 Å². The fourth-order valence-corrected chi connectivity index (χ4v) is 3.31. The average Bonchev–Trinajstić information content (AvgIpc) is 2.21. The van der Waals surface area contributed by atoms with Gasteiger partial charge in [0.15, 0.2) is 0 Å². The molecule has 0 aliphatic rings. The van der Waals surface area contributed by atoms with Crippen LogP contribution in [0.2, 0.25) is 0 Å². The zero-order valence-corrected chi connectivity index (χ0v) is 12.4. The molecule has 106 valence electrons. The second-order valence-corrected chi connectivity index (χ2v) is 6.53. The fraction of sp³-hybridized carbons (Fsp3) is 0.462. The number of carboxylic acid groups (broad SMARTS) is 1. The van der Waals surface area contributed by atoms with E-state index in [1.165, 1.54) is 0 Å². The molecule has 1 rings (SSSR count). The molecule has 1 atom stereocenters. The van der Waals surface area contributed by atoms with Crippen molar-refractivity contribution < 1.29 is 18.3 Å². The minimum absolute atomic E-state index is 0.204. The summed E-state index contributed by atoms with van der Waals surface area (Å²) in [4.78, 5) is 11.3. The molecule has 0 aliphatic heterocycles. The molecule has 1 aromatic carbocycles. The van der Waals surface area contributed by atoms with Crippen LogP contribution in [-0.2, 0) is 14.8 Å². The van der Waals surface area contributed by atoms with E-state index in [0.29, 0.717) is 5.69 Å². The van der Waals surface area contributed by atoms with E-state index < -0.39 is 22.0 Å². The van der Waals surface area contributed by atoms with Crippen molar-refractivity contribution in [3.63, 3.8) is 0 Å². The van der Waals surface area contributed by atoms with Gasteiger partial charge in [-0.05, 0) is 43.5 Å². The van der Waals surface area contributed by atoms with E-state index in [2.05, 4.69) is 0 Å². The number of anilines is 1. The summed E-state index contributed by atoms with van der Waals surface area (Å²) in [5.74, 6) is -1.15. The largest absolute Gasteiger partial charge is 0.480 e. The van der Waals surface area contributed by atoms with Gasteiger partial charge < -0.3 is 5.11 Å². The molecule has 0 amide bonds. The van der Waals surface area contributed by atoms with Gasteiger partial charge in [0.2, 0.25) is 10.0 Å². The SMILES string of the molecule is CC[C@@H](C(=O)O)N(c1cc(C)cc(C)c1)S(C)(=O)=O. The first-order valence-corrected chi connectivity index (χ1v) is 7.82. The summed E-state index contributed by atoms with van der Waals surface area (Å²) in [5.41, 5.74) is 2.18. The van der Waals surface area contributed by atoms with Gasteiger partial charge in [-0.2, -0.15) is 0 Å². The van der Waals surface area contributed by atoms with Crippen LogP contribution < -0.4 is 4.31 Å². The molecule has 5 nitrogen and oxygen atoms in total. The average molecular weight is 285 g/mol. The molecule has 0 spiro atoms. The number of hydrogen-bond donors (Lipinski definition) is 1. The van der Waals surface area contributed by atoms with Crippen molar-refractivity contribution in [3.8, 4) is 0 Å². The van der Waals surface area contributed by atoms with E-state index in [9.17, 15) is 18.3 Å². The van der Waals surface area contributed by atoms with Crippen molar-refractivity contribution in [1.29, 1.82) is 0 Å². The van der Waals surface area contributed by atoms with Crippen molar-refractivity contribution in [1.82, 2.24) is 0 Å². The third-order valence-electron chi connectivity index (χ3n) is 2.77. The monoisotopic (exact) mass is 285 g/mol. The minimum Gasteiger partial charge on any atom is -0.480 e. The van der Waals surface area contributed by atoms with Gasteiger partial charge in [-0.3, -0.25) is 4.31 Å². The Morgan fingerprint density at radius 3 is 2.05 bits per heavy atom. The van der Waals surface area contributed by atoms with E-state index in [1.54, 1.807) is 19.1 Å². The third-order valence-corrected chi connectivity index (χ3v) is 3.95. The second kappa shape index (κ2) is 5.61. The molecule has 0 heterocycles. The highest BCUT2D eigenvalue weighted by Gasteiger charge is 2.31. The van der Waals surface area contributed by atoms with Crippen LogP contribution in [0.5, 0.6) is 0 Å². The highest BCUT2D eigenvalue weighted by Crippen LogP contribution is 2.25. The number of aliphatic carboxylic acids is 1. The lowest BCUT2D eigenvalue weighted by atomic mass is 10.1. The first-order valence-electron chi connectivity index (χ1n) is 5.97. The first-order chi connectivity index (χ1) is 8.66. The highest BCUT2D eigenvalue weighted by molar-refractivity contribution is 7.92. The van der Waals surface area contributed by atoms with Crippen molar-refractivity contribution in [2.24, 2.45) is 0 Å². The molecule has 1 N–H and O–H groups in total. The summed E-state index contributed by atoms with van der Waals surface area (Å²) in [6.45, 7) is 5.34. The number of benzene rings is 1. The van der Waals surface area contributed by atoms with E-state index >= 15 is 0 Å². The Kier molecular flexibility index (Phi) is 4.57. The van der Waals surface area contributed by atoms with Crippen LogP contribution in [-0.4, -0.2) is 31.8 Å². The minimum atomic E-state index is -3.66. The molecular formula is C13H19NO4S. The molecule has 0 bridgehead atoms. The number of sulfonamides is 1. The predicted molar refractivity (Wildman–Crippen MR) is 75.0 cm³/mol. The zero-order valence-electron chi connectivity index (χ0n) is 11.5. The lowest BCUT2D eigenvalue weighted by molar-refractivity contribution is -0.138. The zero-order chi connectivity index (χ0) is 14.8. The van der Waals surface area contributed by atoms with Gasteiger partial charge in [-0.1, -0.05) is 13.0 Å². The summed E-state index contributed by atoms with van der Waals surface area (Å²) < 4.78 is 24.8. The number of carboxylic acids is 1. The summed E-state index contributed by atoms with van der Waals surface area (Å²) in [5, 5.41) is 9.20. The Morgan fingerprint density at radius 2 is 1.74 bits per heavy atom. The van der Waals surface area contributed by atoms with Gasteiger partial charge in [0.25, 0.3) is 0 Å². The third kappa shape index (κ3) is 3.70. The highest BCUT2D eigenvalue weighted by atomic mass is 32.2. The smallest absolute Gasteiger partial charge is 0.327 e. The first kappa shape index (κ1) is 15.5. The summed E-state index contributed by atoms with van der Waals surface area (Å²) in [6.07, 6.45) is 1.23. The lowest BCUT2D eigenvalue weighted by Gasteiger charge is -2.28. The fourth-order valence-electron chi connectivity index (χ4n) is 2.12. The molecule has 6 heteroatoms. The van der Waals surface area contributed by atoms with E-state index in [1.807, 2.05) is 19.9 Å². The predicted octanol–water partition coefficient (Wildman–Crippen LogP) is 1.93. The molecular weight excluding hydrogens is 266 g/mol. The Bertz CT molecular complexity index is 560. The van der Waals surface area contributed by atoms with E-state index in [4.69, 9.17) is 0 Å². The van der Waals surface area contributed by atoms with Crippen LogP contribution in [0.4, 0.5) is 5.69 Å². The van der Waals surface area contributed by atoms with Gasteiger partial charge in [0.1, 0.15) is 6.04 Å². The molecule has 0 unspecified atom stereocenters. The lowest BCUT2D eigenvalue weighted by Crippen LogP contribution is -2.44. The maximum absolute atomic E-state index is 11.9. The molecule has 0 fully saturated rings. The number of aryl methyl sites for hydroxylation is 2. The van der Waals surface area contributed by atoms with Crippen LogP contribution in [0.3, 0.4) is 0 Å². The normalized spacial score (nSPS) is 13.1. The van der Waals surface area contributed by atoms with Gasteiger partial charge in [-0.15, -0.1) is 0 Å². The topological polar surface area (TPSA) is 74.7 Å². The molecule has 0 aliphatic carbocycles. The Hall–Kier alpha value is -1.56. The van der Waals surface area contributed by atoms with Crippen LogP contribution >= 0.6 is 0 Å². The van der Waals surface area contributed by atoms with Crippen LogP contribution in [0.15, 0.2) is 18.2 Å². The van der Waals surface area contributed by atoms with E-state index in [0.717, 1.165) is 21.7 Å². The summed E-state index contributed by atoms with van der Waals surface area (Å²) in [7, 11) is -3.66. The maximum atomic E-state index is 11.9.